The average Bonchev–Trinajstić information content (AvgIpc) is 2.61. The van der Waals surface area contributed by atoms with E-state index in [0.29, 0.717) is 19.0 Å². The van der Waals surface area contributed by atoms with E-state index in [4.69, 9.17) is 10.7 Å². The van der Waals surface area contributed by atoms with Crippen molar-refractivity contribution in [3.8, 4) is 0 Å². The number of pyridine rings is 1. The lowest BCUT2D eigenvalue weighted by Crippen LogP contribution is -2.41. The van der Waals surface area contributed by atoms with Gasteiger partial charge in [-0.2, -0.15) is 26.3 Å². The molecular formula is C17H17F6N3O. The van der Waals surface area contributed by atoms with Crippen LogP contribution in [0.3, 0.4) is 0 Å². The number of piperidine rings is 1. The van der Waals surface area contributed by atoms with Crippen LogP contribution in [0.4, 0.5) is 26.3 Å². The number of rotatable bonds is 3. The third-order valence-electron chi connectivity index (χ3n) is 4.63. The standard InChI is InChI=1S/C17H17F6N3O/c18-16(19,20)11-5-3-4-9-10(8-13(17(21,22)23)26-14(9)11)15(27-24)12-6-1-2-7-25-12/h3-5,8,12,15,25H,1-2,6-7,24H2. The first-order chi connectivity index (χ1) is 12.6. The largest absolute Gasteiger partial charge is 0.433 e. The zero-order chi connectivity index (χ0) is 19.8. The second-order valence-corrected chi connectivity index (χ2v) is 6.41. The van der Waals surface area contributed by atoms with E-state index in [2.05, 4.69) is 10.3 Å². The fraction of sp³-hybridized carbons (Fsp3) is 0.471. The lowest BCUT2D eigenvalue weighted by Gasteiger charge is -2.31. The normalized spacial score (nSPS) is 20.0. The highest BCUT2D eigenvalue weighted by atomic mass is 19.4. The zero-order valence-electron chi connectivity index (χ0n) is 14.0. The molecule has 2 heterocycles. The van der Waals surface area contributed by atoms with Crippen molar-refractivity contribution >= 4 is 10.9 Å². The van der Waals surface area contributed by atoms with Crippen LogP contribution in [-0.4, -0.2) is 17.6 Å². The highest BCUT2D eigenvalue weighted by molar-refractivity contribution is 5.86. The zero-order valence-corrected chi connectivity index (χ0v) is 14.0. The Morgan fingerprint density at radius 2 is 1.85 bits per heavy atom. The number of alkyl halides is 6. The molecule has 1 aromatic heterocycles. The van der Waals surface area contributed by atoms with Crippen LogP contribution in [0.2, 0.25) is 0 Å². The smallest absolute Gasteiger partial charge is 0.311 e. The van der Waals surface area contributed by atoms with E-state index < -0.39 is 41.3 Å². The van der Waals surface area contributed by atoms with E-state index in [0.717, 1.165) is 25.0 Å². The number of hydrogen-bond acceptors (Lipinski definition) is 4. The van der Waals surface area contributed by atoms with Crippen LogP contribution in [0.5, 0.6) is 0 Å². The number of fused-ring (bicyclic) bond motifs is 1. The summed E-state index contributed by atoms with van der Waals surface area (Å²) < 4.78 is 79.9. The van der Waals surface area contributed by atoms with Gasteiger partial charge < -0.3 is 5.32 Å². The lowest BCUT2D eigenvalue weighted by molar-refractivity contribution is -0.142. The number of aromatic nitrogens is 1. The van der Waals surface area contributed by atoms with Gasteiger partial charge in [-0.25, -0.2) is 10.9 Å². The van der Waals surface area contributed by atoms with Crippen LogP contribution in [0.1, 0.15) is 42.2 Å². The molecule has 0 radical (unpaired) electrons. The molecular weight excluding hydrogens is 376 g/mol. The highest BCUT2D eigenvalue weighted by Gasteiger charge is 2.39. The fourth-order valence-electron chi connectivity index (χ4n) is 3.41. The van der Waals surface area contributed by atoms with E-state index in [-0.39, 0.29) is 10.9 Å². The summed E-state index contributed by atoms with van der Waals surface area (Å²) in [6.07, 6.45) is -8.54. The third kappa shape index (κ3) is 4.02. The summed E-state index contributed by atoms with van der Waals surface area (Å²) in [6, 6.07) is 3.44. The Morgan fingerprint density at radius 3 is 2.41 bits per heavy atom. The van der Waals surface area contributed by atoms with Crippen molar-refractivity contribution in [2.24, 2.45) is 5.90 Å². The molecule has 0 spiro atoms. The van der Waals surface area contributed by atoms with Crippen molar-refractivity contribution < 1.29 is 31.2 Å². The van der Waals surface area contributed by atoms with Gasteiger partial charge in [-0.1, -0.05) is 18.6 Å². The predicted molar refractivity (Wildman–Crippen MR) is 85.4 cm³/mol. The maximum Gasteiger partial charge on any atom is 0.433 e. The number of hydrogen-bond donors (Lipinski definition) is 2. The molecule has 0 bridgehead atoms. The molecule has 2 atom stereocenters. The van der Waals surface area contributed by atoms with Crippen LogP contribution >= 0.6 is 0 Å². The van der Waals surface area contributed by atoms with Gasteiger partial charge in [-0.3, -0.25) is 4.84 Å². The van der Waals surface area contributed by atoms with Crippen molar-refractivity contribution in [3.05, 3.63) is 41.1 Å². The molecule has 10 heteroatoms. The Hall–Kier alpha value is -1.91. The van der Waals surface area contributed by atoms with E-state index in [1.807, 2.05) is 0 Å². The van der Waals surface area contributed by atoms with E-state index in [1.165, 1.54) is 6.07 Å². The molecule has 0 aliphatic carbocycles. The molecule has 1 aromatic carbocycles. The maximum absolute atomic E-state index is 13.3. The predicted octanol–water partition coefficient (Wildman–Crippen LogP) is 4.35. The van der Waals surface area contributed by atoms with E-state index in [1.54, 1.807) is 0 Å². The quantitative estimate of drug-likeness (QED) is 0.602. The molecule has 2 aromatic rings. The van der Waals surface area contributed by atoms with Crippen molar-refractivity contribution in [1.82, 2.24) is 10.3 Å². The van der Waals surface area contributed by atoms with Gasteiger partial charge in [0.1, 0.15) is 11.8 Å². The molecule has 27 heavy (non-hydrogen) atoms. The number of para-hydroxylation sites is 1. The van der Waals surface area contributed by atoms with Gasteiger partial charge in [0, 0.05) is 11.4 Å². The molecule has 1 aliphatic heterocycles. The van der Waals surface area contributed by atoms with Crippen molar-refractivity contribution in [1.29, 1.82) is 0 Å². The minimum Gasteiger partial charge on any atom is -0.311 e. The molecule has 1 saturated heterocycles. The van der Waals surface area contributed by atoms with Crippen LogP contribution in [0, 0.1) is 0 Å². The molecule has 3 N–H and O–H groups in total. The summed E-state index contributed by atoms with van der Waals surface area (Å²) in [4.78, 5) is 8.21. The van der Waals surface area contributed by atoms with Crippen LogP contribution < -0.4 is 11.2 Å². The van der Waals surface area contributed by atoms with E-state index >= 15 is 0 Å². The van der Waals surface area contributed by atoms with Crippen LogP contribution in [0.15, 0.2) is 24.3 Å². The average molecular weight is 393 g/mol. The number of nitrogens with two attached hydrogens (primary N) is 1. The van der Waals surface area contributed by atoms with Crippen molar-refractivity contribution in [3.63, 3.8) is 0 Å². The van der Waals surface area contributed by atoms with Gasteiger partial charge in [-0.15, -0.1) is 0 Å². The SMILES string of the molecule is NOC(c1cc(C(F)(F)F)nc2c(C(F)(F)F)cccc12)C1CCCCN1. The summed E-state index contributed by atoms with van der Waals surface area (Å²) in [7, 11) is 0. The van der Waals surface area contributed by atoms with Gasteiger partial charge in [-0.05, 0) is 37.1 Å². The summed E-state index contributed by atoms with van der Waals surface area (Å²) in [5, 5.41) is 3.04. The summed E-state index contributed by atoms with van der Waals surface area (Å²) in [5.41, 5.74) is -3.49. The first-order valence-electron chi connectivity index (χ1n) is 8.30. The Balaban J connectivity index is 2.26. The highest BCUT2D eigenvalue weighted by Crippen LogP contribution is 2.40. The Labute approximate surface area is 150 Å². The second kappa shape index (κ2) is 7.25. The fourth-order valence-corrected chi connectivity index (χ4v) is 3.41. The molecule has 1 aliphatic rings. The minimum absolute atomic E-state index is 0.0688. The number of halogens is 6. The Kier molecular flexibility index (Phi) is 5.33. The molecule has 1 fully saturated rings. The van der Waals surface area contributed by atoms with Crippen LogP contribution in [-0.2, 0) is 17.2 Å². The molecule has 3 rings (SSSR count). The first kappa shape index (κ1) is 19.8. The molecule has 148 valence electrons. The summed E-state index contributed by atoms with van der Waals surface area (Å²) >= 11 is 0. The van der Waals surface area contributed by atoms with Crippen molar-refractivity contribution in [2.75, 3.05) is 6.54 Å². The second-order valence-electron chi connectivity index (χ2n) is 6.41. The van der Waals surface area contributed by atoms with Gasteiger partial charge in [0.05, 0.1) is 11.1 Å². The molecule has 0 amide bonds. The van der Waals surface area contributed by atoms with E-state index in [9.17, 15) is 26.3 Å². The number of benzene rings is 1. The maximum atomic E-state index is 13.3. The monoisotopic (exact) mass is 393 g/mol. The molecule has 2 unspecified atom stereocenters. The molecule has 0 saturated carbocycles. The number of nitrogens with zero attached hydrogens (tertiary/aromatic N) is 1. The number of nitrogens with one attached hydrogen (secondary N) is 1. The lowest BCUT2D eigenvalue weighted by atomic mass is 9.91. The molecule has 4 nitrogen and oxygen atoms in total. The first-order valence-corrected chi connectivity index (χ1v) is 8.30. The van der Waals surface area contributed by atoms with Gasteiger partial charge in [0.2, 0.25) is 0 Å². The third-order valence-corrected chi connectivity index (χ3v) is 4.63. The summed E-state index contributed by atoms with van der Waals surface area (Å²) in [5.74, 6) is 5.35. The van der Waals surface area contributed by atoms with Gasteiger partial charge in [0.25, 0.3) is 0 Å². The Bertz CT molecular complexity index is 815. The van der Waals surface area contributed by atoms with Gasteiger partial charge in [0.15, 0.2) is 0 Å². The Morgan fingerprint density at radius 1 is 1.11 bits per heavy atom. The van der Waals surface area contributed by atoms with Gasteiger partial charge >= 0.3 is 12.4 Å². The minimum atomic E-state index is -4.92. The topological polar surface area (TPSA) is 60.2 Å². The van der Waals surface area contributed by atoms with Crippen molar-refractivity contribution in [2.45, 2.75) is 43.8 Å². The van der Waals surface area contributed by atoms with Crippen LogP contribution in [0.25, 0.3) is 10.9 Å². The summed E-state index contributed by atoms with van der Waals surface area (Å²) in [6.45, 7) is 0.619.